The molecule has 1 aliphatic carbocycles. The average Bonchev–Trinajstić information content (AvgIpc) is 2.99. The van der Waals surface area contributed by atoms with Crippen LogP contribution in [0.5, 0.6) is 0 Å². The van der Waals surface area contributed by atoms with Crippen LogP contribution in [0, 0.1) is 5.92 Å². The topological polar surface area (TPSA) is 37.8 Å². The van der Waals surface area contributed by atoms with Crippen LogP contribution in [0.2, 0.25) is 0 Å². The summed E-state index contributed by atoms with van der Waals surface area (Å²) in [4.78, 5) is 8.39. The molecule has 1 aliphatic rings. The normalized spacial score (nSPS) is 15.1. The highest BCUT2D eigenvalue weighted by Gasteiger charge is 2.22. The van der Waals surface area contributed by atoms with E-state index in [-0.39, 0.29) is 0 Å². The van der Waals surface area contributed by atoms with Crippen molar-refractivity contribution in [3.63, 3.8) is 0 Å². The minimum absolute atomic E-state index is 0.750. The fourth-order valence-corrected chi connectivity index (χ4v) is 1.40. The monoisotopic (exact) mass is 189 g/mol. The zero-order chi connectivity index (χ0) is 9.80. The predicted octanol–water partition coefficient (Wildman–Crippen LogP) is 2.03. The summed E-state index contributed by atoms with van der Waals surface area (Å²) in [6.45, 7) is 4.40. The molecule has 0 aliphatic heterocycles. The molecule has 2 rings (SSSR count). The first-order valence-electron chi connectivity index (χ1n) is 5.04. The van der Waals surface area contributed by atoms with Crippen molar-refractivity contribution in [1.29, 1.82) is 0 Å². The summed E-state index contributed by atoms with van der Waals surface area (Å²) in [6.07, 6.45) is 7.27. The van der Waals surface area contributed by atoms with Crippen molar-refractivity contribution < 1.29 is 0 Å². The number of nitrogens with one attached hydrogen (secondary N) is 1. The van der Waals surface area contributed by atoms with Crippen molar-refractivity contribution in [3.8, 4) is 0 Å². The van der Waals surface area contributed by atoms with Crippen LogP contribution in [0.4, 0.5) is 5.82 Å². The van der Waals surface area contributed by atoms with Gasteiger partial charge in [-0.1, -0.05) is 6.08 Å². The van der Waals surface area contributed by atoms with Crippen molar-refractivity contribution >= 4 is 5.82 Å². The Hall–Kier alpha value is -1.38. The van der Waals surface area contributed by atoms with E-state index in [2.05, 4.69) is 21.9 Å². The number of hydrogen-bond acceptors (Lipinski definition) is 3. The minimum atomic E-state index is 0.750. The van der Waals surface area contributed by atoms with Crippen LogP contribution in [0.25, 0.3) is 0 Å². The Morgan fingerprint density at radius 3 is 3.07 bits per heavy atom. The number of hydrogen-bond donors (Lipinski definition) is 1. The first kappa shape index (κ1) is 9.19. The summed E-state index contributed by atoms with van der Waals surface area (Å²) < 4.78 is 0. The van der Waals surface area contributed by atoms with E-state index >= 15 is 0 Å². The molecule has 0 atom stereocenters. The van der Waals surface area contributed by atoms with Gasteiger partial charge in [0.15, 0.2) is 0 Å². The van der Waals surface area contributed by atoms with E-state index in [1.807, 2.05) is 12.1 Å². The van der Waals surface area contributed by atoms with Crippen LogP contribution in [-0.2, 0) is 6.42 Å². The van der Waals surface area contributed by atoms with Crippen molar-refractivity contribution in [2.45, 2.75) is 19.3 Å². The fraction of sp³-hybridized carbons (Fsp3) is 0.455. The van der Waals surface area contributed by atoms with Crippen molar-refractivity contribution in [2.24, 2.45) is 5.92 Å². The number of aromatic nitrogens is 2. The van der Waals surface area contributed by atoms with E-state index in [9.17, 15) is 0 Å². The van der Waals surface area contributed by atoms with E-state index in [1.54, 1.807) is 6.33 Å². The molecule has 0 bridgehead atoms. The summed E-state index contributed by atoms with van der Waals surface area (Å²) in [5.41, 5.74) is 1.15. The Morgan fingerprint density at radius 1 is 1.50 bits per heavy atom. The molecular formula is C11H15N3. The molecule has 0 radical (unpaired) electrons. The lowest BCUT2D eigenvalue weighted by Gasteiger charge is -2.03. The van der Waals surface area contributed by atoms with Crippen LogP contribution in [-0.4, -0.2) is 16.5 Å². The lowest BCUT2D eigenvalue weighted by molar-refractivity contribution is 0.799. The molecular weight excluding hydrogens is 174 g/mol. The summed E-state index contributed by atoms with van der Waals surface area (Å²) in [5.74, 6) is 1.77. The Balaban J connectivity index is 1.97. The molecule has 1 aromatic heterocycles. The molecule has 1 N–H and O–H groups in total. The Bertz CT molecular complexity index is 318. The molecule has 3 heteroatoms. The molecule has 3 nitrogen and oxygen atoms in total. The Kier molecular flexibility index (Phi) is 2.77. The molecule has 1 aromatic rings. The molecule has 0 aromatic carbocycles. The van der Waals surface area contributed by atoms with Gasteiger partial charge in [-0.2, -0.15) is 0 Å². The molecule has 0 spiro atoms. The van der Waals surface area contributed by atoms with Gasteiger partial charge in [-0.05, 0) is 25.2 Å². The van der Waals surface area contributed by atoms with Gasteiger partial charge in [0.25, 0.3) is 0 Å². The maximum absolute atomic E-state index is 4.25. The third-order valence-electron chi connectivity index (χ3n) is 2.35. The smallest absolute Gasteiger partial charge is 0.129 e. The standard InChI is InChI=1S/C11H15N3/c1-2-5-12-11-7-10(13-8-14-11)6-9-3-4-9/h2,7-9H,1,3-6H2,(H,12,13,14). The molecule has 14 heavy (non-hydrogen) atoms. The highest BCUT2D eigenvalue weighted by molar-refractivity contribution is 5.35. The second-order valence-electron chi connectivity index (χ2n) is 3.71. The van der Waals surface area contributed by atoms with Gasteiger partial charge in [0.05, 0.1) is 0 Å². The third kappa shape index (κ3) is 2.55. The van der Waals surface area contributed by atoms with E-state index in [1.165, 1.54) is 12.8 Å². The van der Waals surface area contributed by atoms with Gasteiger partial charge in [-0.25, -0.2) is 9.97 Å². The molecule has 1 heterocycles. The first-order chi connectivity index (χ1) is 6.88. The van der Waals surface area contributed by atoms with E-state index in [0.717, 1.165) is 30.4 Å². The molecule has 0 saturated heterocycles. The Labute approximate surface area is 84.3 Å². The largest absolute Gasteiger partial charge is 0.367 e. The summed E-state index contributed by atoms with van der Waals surface area (Å²) >= 11 is 0. The van der Waals surface area contributed by atoms with Crippen molar-refractivity contribution in [2.75, 3.05) is 11.9 Å². The third-order valence-corrected chi connectivity index (χ3v) is 2.35. The highest BCUT2D eigenvalue weighted by Crippen LogP contribution is 2.32. The van der Waals surface area contributed by atoms with E-state index in [0.29, 0.717) is 0 Å². The zero-order valence-electron chi connectivity index (χ0n) is 8.24. The van der Waals surface area contributed by atoms with Crippen LogP contribution >= 0.6 is 0 Å². The van der Waals surface area contributed by atoms with Gasteiger partial charge in [0.2, 0.25) is 0 Å². The van der Waals surface area contributed by atoms with Crippen LogP contribution in [0.15, 0.2) is 25.0 Å². The number of rotatable bonds is 5. The molecule has 1 fully saturated rings. The molecule has 1 saturated carbocycles. The predicted molar refractivity (Wildman–Crippen MR) is 57.1 cm³/mol. The van der Waals surface area contributed by atoms with Gasteiger partial charge in [0.1, 0.15) is 12.1 Å². The average molecular weight is 189 g/mol. The highest BCUT2D eigenvalue weighted by atomic mass is 15.0. The summed E-state index contributed by atoms with van der Waals surface area (Å²) in [5, 5.41) is 3.16. The number of anilines is 1. The van der Waals surface area contributed by atoms with Crippen LogP contribution in [0.3, 0.4) is 0 Å². The minimum Gasteiger partial charge on any atom is -0.367 e. The van der Waals surface area contributed by atoms with Crippen molar-refractivity contribution in [1.82, 2.24) is 9.97 Å². The van der Waals surface area contributed by atoms with Gasteiger partial charge in [-0.15, -0.1) is 6.58 Å². The lowest BCUT2D eigenvalue weighted by Crippen LogP contribution is -2.02. The Morgan fingerprint density at radius 2 is 2.36 bits per heavy atom. The van der Waals surface area contributed by atoms with Gasteiger partial charge < -0.3 is 5.32 Å². The molecule has 74 valence electrons. The van der Waals surface area contributed by atoms with Crippen molar-refractivity contribution in [3.05, 3.63) is 30.7 Å². The zero-order valence-corrected chi connectivity index (χ0v) is 8.24. The van der Waals surface area contributed by atoms with Gasteiger partial charge >= 0.3 is 0 Å². The van der Waals surface area contributed by atoms with E-state index in [4.69, 9.17) is 0 Å². The molecule has 0 amide bonds. The van der Waals surface area contributed by atoms with Crippen LogP contribution in [0.1, 0.15) is 18.5 Å². The molecule has 0 unspecified atom stereocenters. The number of nitrogens with zero attached hydrogens (tertiary/aromatic N) is 2. The summed E-state index contributed by atoms with van der Waals surface area (Å²) in [7, 11) is 0. The SMILES string of the molecule is C=CCNc1cc(CC2CC2)ncn1. The second-order valence-corrected chi connectivity index (χ2v) is 3.71. The maximum atomic E-state index is 4.25. The van der Waals surface area contributed by atoms with Gasteiger partial charge in [0, 0.05) is 18.3 Å². The second kappa shape index (κ2) is 4.22. The quantitative estimate of drug-likeness (QED) is 0.720. The fourth-order valence-electron chi connectivity index (χ4n) is 1.40. The first-order valence-corrected chi connectivity index (χ1v) is 5.04. The summed E-state index contributed by atoms with van der Waals surface area (Å²) in [6, 6.07) is 2.03. The van der Waals surface area contributed by atoms with Gasteiger partial charge in [-0.3, -0.25) is 0 Å². The van der Waals surface area contributed by atoms with E-state index < -0.39 is 0 Å². The van der Waals surface area contributed by atoms with Crippen LogP contribution < -0.4 is 5.32 Å². The maximum Gasteiger partial charge on any atom is 0.129 e. The lowest BCUT2D eigenvalue weighted by atomic mass is 10.2.